The second-order valence-corrected chi connectivity index (χ2v) is 4.51. The van der Waals surface area contributed by atoms with Gasteiger partial charge in [-0.3, -0.25) is 9.78 Å². The summed E-state index contributed by atoms with van der Waals surface area (Å²) in [4.78, 5) is 22.0. The first-order valence-electron chi connectivity index (χ1n) is 5.63. The molecule has 1 aliphatic rings. The molecule has 2 aromatic rings. The maximum Gasteiger partial charge on any atom is 0.280 e. The van der Waals surface area contributed by atoms with E-state index in [0.717, 1.165) is 0 Å². The molecule has 0 amide bonds. The van der Waals surface area contributed by atoms with Crippen molar-refractivity contribution in [2.45, 2.75) is 18.6 Å². The predicted molar refractivity (Wildman–Crippen MR) is 62.8 cm³/mol. The van der Waals surface area contributed by atoms with E-state index in [1.165, 1.54) is 6.33 Å². The number of aromatic nitrogens is 4. The summed E-state index contributed by atoms with van der Waals surface area (Å²) >= 11 is 0. The molecular formula is C10H13N5O3. The summed E-state index contributed by atoms with van der Waals surface area (Å²) in [5, 5.41) is 18.9. The Balaban J connectivity index is 2.06. The Hall–Kier alpha value is -1.93. The molecule has 3 atom stereocenters. The SMILES string of the molecule is Nc1nc2c(ncn2[C@@H]2C[C@H](CO)[C@H]2O)c(=O)[nH]1. The van der Waals surface area contributed by atoms with Gasteiger partial charge in [0.2, 0.25) is 5.95 Å². The van der Waals surface area contributed by atoms with Crippen LogP contribution in [0.15, 0.2) is 11.1 Å². The summed E-state index contributed by atoms with van der Waals surface area (Å²) in [5.74, 6) is -0.117. The van der Waals surface area contributed by atoms with E-state index < -0.39 is 11.7 Å². The zero-order valence-corrected chi connectivity index (χ0v) is 9.45. The number of H-pyrrole nitrogens is 1. The molecule has 1 fully saturated rings. The van der Waals surface area contributed by atoms with Crippen LogP contribution in [0.25, 0.3) is 11.2 Å². The van der Waals surface area contributed by atoms with Crippen molar-refractivity contribution in [1.82, 2.24) is 19.5 Å². The number of fused-ring (bicyclic) bond motifs is 1. The van der Waals surface area contributed by atoms with Crippen molar-refractivity contribution in [3.8, 4) is 0 Å². The number of nitrogens with two attached hydrogens (primary N) is 1. The number of nitrogens with zero attached hydrogens (tertiary/aromatic N) is 3. The van der Waals surface area contributed by atoms with Gasteiger partial charge in [-0.15, -0.1) is 0 Å². The molecule has 0 saturated heterocycles. The lowest BCUT2D eigenvalue weighted by molar-refractivity contribution is -0.0550. The molecular weight excluding hydrogens is 238 g/mol. The van der Waals surface area contributed by atoms with Gasteiger partial charge in [0.05, 0.1) is 18.5 Å². The summed E-state index contributed by atoms with van der Waals surface area (Å²) in [7, 11) is 0. The number of nitrogens with one attached hydrogen (secondary N) is 1. The summed E-state index contributed by atoms with van der Waals surface area (Å²) in [6.45, 7) is -0.0551. The highest BCUT2D eigenvalue weighted by molar-refractivity contribution is 5.70. The minimum atomic E-state index is -0.658. The van der Waals surface area contributed by atoms with Gasteiger partial charge >= 0.3 is 0 Å². The number of nitrogen functional groups attached to an aromatic ring is 1. The van der Waals surface area contributed by atoms with E-state index in [-0.39, 0.29) is 30.0 Å². The zero-order valence-electron chi connectivity index (χ0n) is 9.45. The van der Waals surface area contributed by atoms with E-state index in [0.29, 0.717) is 12.1 Å². The third-order valence-electron chi connectivity index (χ3n) is 3.46. The van der Waals surface area contributed by atoms with Crippen LogP contribution in [-0.2, 0) is 0 Å². The van der Waals surface area contributed by atoms with Gasteiger partial charge in [-0.1, -0.05) is 0 Å². The lowest BCUT2D eigenvalue weighted by atomic mass is 9.77. The monoisotopic (exact) mass is 251 g/mol. The fraction of sp³-hybridized carbons (Fsp3) is 0.500. The van der Waals surface area contributed by atoms with Crippen LogP contribution in [0.5, 0.6) is 0 Å². The molecule has 1 saturated carbocycles. The van der Waals surface area contributed by atoms with E-state index in [1.807, 2.05) is 0 Å². The lowest BCUT2D eigenvalue weighted by Gasteiger charge is -2.40. The van der Waals surface area contributed by atoms with Crippen molar-refractivity contribution in [3.63, 3.8) is 0 Å². The highest BCUT2D eigenvalue weighted by Gasteiger charge is 2.41. The molecule has 2 heterocycles. The summed E-state index contributed by atoms with van der Waals surface area (Å²) in [5.41, 5.74) is 5.65. The van der Waals surface area contributed by atoms with Crippen LogP contribution < -0.4 is 11.3 Å². The molecule has 0 radical (unpaired) electrons. The quantitative estimate of drug-likeness (QED) is 0.520. The Morgan fingerprint density at radius 2 is 2.39 bits per heavy atom. The second kappa shape index (κ2) is 3.79. The molecule has 0 unspecified atom stereocenters. The molecule has 2 aromatic heterocycles. The average Bonchev–Trinajstić information content (AvgIpc) is 2.72. The lowest BCUT2D eigenvalue weighted by Crippen LogP contribution is -2.45. The number of imidazole rings is 1. The number of aliphatic hydroxyl groups excluding tert-OH is 2. The van der Waals surface area contributed by atoms with Crippen molar-refractivity contribution >= 4 is 17.1 Å². The molecule has 0 aliphatic heterocycles. The maximum atomic E-state index is 11.6. The van der Waals surface area contributed by atoms with Crippen LogP contribution in [0, 0.1) is 5.92 Å². The first-order chi connectivity index (χ1) is 8.61. The number of anilines is 1. The van der Waals surface area contributed by atoms with E-state index >= 15 is 0 Å². The van der Waals surface area contributed by atoms with Gasteiger partial charge < -0.3 is 20.5 Å². The smallest absolute Gasteiger partial charge is 0.280 e. The normalized spacial score (nSPS) is 27.3. The van der Waals surface area contributed by atoms with Crippen molar-refractivity contribution in [2.75, 3.05) is 12.3 Å². The Kier molecular flexibility index (Phi) is 2.35. The molecule has 3 rings (SSSR count). The summed E-state index contributed by atoms with van der Waals surface area (Å²) in [6.07, 6.45) is 1.43. The van der Waals surface area contributed by atoms with Gasteiger partial charge in [-0.25, -0.2) is 4.98 Å². The van der Waals surface area contributed by atoms with Crippen LogP contribution in [0.1, 0.15) is 12.5 Å². The second-order valence-electron chi connectivity index (χ2n) is 4.51. The van der Waals surface area contributed by atoms with Gasteiger partial charge in [-0.05, 0) is 6.42 Å². The van der Waals surface area contributed by atoms with E-state index in [1.54, 1.807) is 4.57 Å². The molecule has 0 bridgehead atoms. The topological polar surface area (TPSA) is 130 Å². The van der Waals surface area contributed by atoms with Gasteiger partial charge in [0, 0.05) is 12.5 Å². The van der Waals surface area contributed by atoms with Crippen LogP contribution in [0.3, 0.4) is 0 Å². The minimum absolute atomic E-state index is 0.0155. The fourth-order valence-electron chi connectivity index (χ4n) is 2.35. The number of aromatic amines is 1. The average molecular weight is 251 g/mol. The molecule has 0 spiro atoms. The van der Waals surface area contributed by atoms with Crippen LogP contribution in [0.2, 0.25) is 0 Å². The minimum Gasteiger partial charge on any atom is -0.396 e. The number of hydrogen-bond acceptors (Lipinski definition) is 6. The highest BCUT2D eigenvalue weighted by Crippen LogP contribution is 2.38. The first-order valence-corrected chi connectivity index (χ1v) is 5.63. The first kappa shape index (κ1) is 11.2. The van der Waals surface area contributed by atoms with Crippen LogP contribution in [0.4, 0.5) is 5.95 Å². The Morgan fingerprint density at radius 1 is 1.61 bits per heavy atom. The van der Waals surface area contributed by atoms with Crippen molar-refractivity contribution < 1.29 is 10.2 Å². The van der Waals surface area contributed by atoms with E-state index in [4.69, 9.17) is 10.8 Å². The van der Waals surface area contributed by atoms with E-state index in [2.05, 4.69) is 15.0 Å². The van der Waals surface area contributed by atoms with Crippen molar-refractivity contribution in [2.24, 2.45) is 5.92 Å². The van der Waals surface area contributed by atoms with Crippen LogP contribution in [-0.4, -0.2) is 42.4 Å². The number of rotatable bonds is 2. The molecule has 1 aliphatic carbocycles. The largest absolute Gasteiger partial charge is 0.396 e. The number of hydrogen-bond donors (Lipinski definition) is 4. The third-order valence-corrected chi connectivity index (χ3v) is 3.46. The van der Waals surface area contributed by atoms with Gasteiger partial charge in [0.1, 0.15) is 0 Å². The summed E-state index contributed by atoms with van der Waals surface area (Å²) in [6, 6.07) is -0.221. The molecule has 0 aromatic carbocycles. The standard InChI is InChI=1S/C10H13N5O3/c11-10-13-8-6(9(18)14-10)12-3-15(8)5-1-4(2-16)7(5)17/h3-5,7,16-17H,1-2H2,(H3,11,13,14,18)/t4-,5-,7-/m1/s1. The van der Waals surface area contributed by atoms with Gasteiger partial charge in [0.25, 0.3) is 5.56 Å². The Bertz CT molecular complexity index is 648. The Labute approximate surface area is 101 Å². The van der Waals surface area contributed by atoms with Crippen molar-refractivity contribution in [3.05, 3.63) is 16.7 Å². The van der Waals surface area contributed by atoms with Gasteiger partial charge in [-0.2, -0.15) is 4.98 Å². The molecule has 8 heteroatoms. The summed E-state index contributed by atoms with van der Waals surface area (Å²) < 4.78 is 1.64. The number of aliphatic hydroxyl groups is 2. The van der Waals surface area contributed by atoms with Crippen LogP contribution >= 0.6 is 0 Å². The third kappa shape index (κ3) is 1.42. The molecule has 18 heavy (non-hydrogen) atoms. The van der Waals surface area contributed by atoms with Crippen molar-refractivity contribution in [1.29, 1.82) is 0 Å². The Morgan fingerprint density at radius 3 is 3.06 bits per heavy atom. The van der Waals surface area contributed by atoms with E-state index in [9.17, 15) is 9.90 Å². The fourth-order valence-corrected chi connectivity index (χ4v) is 2.35. The zero-order chi connectivity index (χ0) is 12.9. The molecule has 8 nitrogen and oxygen atoms in total. The molecule has 5 N–H and O–H groups in total. The van der Waals surface area contributed by atoms with Gasteiger partial charge in [0.15, 0.2) is 11.2 Å². The molecule has 96 valence electrons. The maximum absolute atomic E-state index is 11.6. The highest BCUT2D eigenvalue weighted by atomic mass is 16.3. The predicted octanol–water partition coefficient (Wildman–Crippen LogP) is -1.38.